The molecule has 0 heterocycles. The molecule has 0 aromatic heterocycles. The average Bonchev–Trinajstić information content (AvgIpc) is 2.46. The van der Waals surface area contributed by atoms with Crippen LogP contribution in [0.4, 0.5) is 52.7 Å². The lowest BCUT2D eigenvalue weighted by Crippen LogP contribution is -2.47. The van der Waals surface area contributed by atoms with Crippen LogP contribution >= 0.6 is 0 Å². The fourth-order valence-electron chi connectivity index (χ4n) is 2.51. The predicted octanol–water partition coefficient (Wildman–Crippen LogP) is 5.85. The molecule has 4 unspecified atom stereocenters. The largest absolute Gasteiger partial charge is 0.269 e. The molecule has 0 fully saturated rings. The molecule has 0 radical (unpaired) electrons. The minimum Gasteiger partial charge on any atom is -0.242 e. The van der Waals surface area contributed by atoms with E-state index in [1.54, 1.807) is 0 Å². The summed E-state index contributed by atoms with van der Waals surface area (Å²) in [7, 11) is -4.72. The zero-order chi connectivity index (χ0) is 19.9. The van der Waals surface area contributed by atoms with Crippen molar-refractivity contribution in [2.24, 2.45) is 0 Å². The van der Waals surface area contributed by atoms with Crippen molar-refractivity contribution in [3.63, 3.8) is 0 Å². The molecule has 13 heteroatoms. The molecule has 0 bridgehead atoms. The molecule has 152 valence electrons. The van der Waals surface area contributed by atoms with E-state index in [1.165, 1.54) is 0 Å². The van der Waals surface area contributed by atoms with Gasteiger partial charge in [-0.15, -0.1) is 0 Å². The average molecular weight is 416 g/mol. The molecule has 0 aliphatic heterocycles. The second-order valence-electron chi connectivity index (χ2n) is 5.72. The van der Waals surface area contributed by atoms with Crippen LogP contribution in [0.2, 0.25) is 24.2 Å². The first-order valence-electron chi connectivity index (χ1n) is 7.00. The zero-order valence-electron chi connectivity index (χ0n) is 12.5. The fraction of sp³-hybridized carbons (Fsp3) is 1.00. The number of hydrogen-bond acceptors (Lipinski definition) is 0. The van der Waals surface area contributed by atoms with Gasteiger partial charge in [0.25, 0.3) is 25.7 Å². The molecule has 0 nitrogen and oxygen atoms in total. The lowest BCUT2D eigenvalue weighted by Gasteiger charge is -2.36. The van der Waals surface area contributed by atoms with Crippen LogP contribution in [0.1, 0.15) is 0 Å². The van der Waals surface area contributed by atoms with Gasteiger partial charge in [0.2, 0.25) is 0 Å². The SMILES string of the molecule is FC(F)C(F)C[Si](CC(F)C(F)F)(CC(F)C(F)F)CC(F)C(F)F. The van der Waals surface area contributed by atoms with Gasteiger partial charge in [0.1, 0.15) is 0 Å². The van der Waals surface area contributed by atoms with Gasteiger partial charge in [-0.1, -0.05) is 0 Å². The third-order valence-electron chi connectivity index (χ3n) is 3.61. The van der Waals surface area contributed by atoms with Gasteiger partial charge in [-0.25, -0.2) is 52.7 Å². The summed E-state index contributed by atoms with van der Waals surface area (Å²) in [6, 6.07) is -6.34. The van der Waals surface area contributed by atoms with Crippen molar-refractivity contribution in [2.45, 2.75) is 74.6 Å². The highest BCUT2D eigenvalue weighted by atomic mass is 28.3. The van der Waals surface area contributed by atoms with Crippen molar-refractivity contribution < 1.29 is 52.7 Å². The van der Waals surface area contributed by atoms with E-state index in [2.05, 4.69) is 0 Å². The van der Waals surface area contributed by atoms with Crippen molar-refractivity contribution in [1.29, 1.82) is 0 Å². The maximum atomic E-state index is 13.3. The van der Waals surface area contributed by atoms with E-state index in [1.807, 2.05) is 0 Å². The van der Waals surface area contributed by atoms with E-state index in [-0.39, 0.29) is 0 Å². The standard InChI is InChI=1S/C12H16F12Si/c13-5(9(17)18)1-25(2-6(14)10(19)20,3-7(15)11(21)22)4-8(16)12(23)24/h5-12H,1-4H2. The van der Waals surface area contributed by atoms with E-state index < -0.39 is 82.6 Å². The highest BCUT2D eigenvalue weighted by Gasteiger charge is 2.47. The molecule has 0 aliphatic rings. The normalized spacial score (nSPS) is 20.2. The Morgan fingerprint density at radius 3 is 0.640 bits per heavy atom. The Bertz CT molecular complexity index is 296. The minimum absolute atomic E-state index is 1.59. The van der Waals surface area contributed by atoms with Gasteiger partial charge >= 0.3 is 0 Å². The zero-order valence-corrected chi connectivity index (χ0v) is 13.5. The second kappa shape index (κ2) is 10.5. The Morgan fingerprint density at radius 1 is 0.360 bits per heavy atom. The predicted molar refractivity (Wildman–Crippen MR) is 68.6 cm³/mol. The molecule has 0 N–H and O–H groups in total. The molecule has 0 spiro atoms. The third kappa shape index (κ3) is 8.54. The van der Waals surface area contributed by atoms with Crippen LogP contribution < -0.4 is 0 Å². The topological polar surface area (TPSA) is 0 Å². The monoisotopic (exact) mass is 416 g/mol. The van der Waals surface area contributed by atoms with Crippen LogP contribution in [-0.2, 0) is 0 Å². The van der Waals surface area contributed by atoms with Crippen LogP contribution in [-0.4, -0.2) is 58.5 Å². The summed E-state index contributed by atoms with van der Waals surface area (Å²) in [4.78, 5) is 0. The molecule has 0 aromatic carbocycles. The van der Waals surface area contributed by atoms with Crippen LogP contribution in [0.5, 0.6) is 0 Å². The van der Waals surface area contributed by atoms with Crippen LogP contribution in [0.15, 0.2) is 0 Å². The molecule has 4 atom stereocenters. The number of halogens is 12. The molecule has 0 amide bonds. The van der Waals surface area contributed by atoms with Crippen LogP contribution in [0.25, 0.3) is 0 Å². The molecule has 0 aromatic rings. The summed E-state index contributed by atoms with van der Waals surface area (Å²) in [5.74, 6) is 0. The van der Waals surface area contributed by atoms with E-state index in [9.17, 15) is 52.7 Å². The van der Waals surface area contributed by atoms with E-state index in [0.717, 1.165) is 0 Å². The molecule has 0 aliphatic carbocycles. The van der Waals surface area contributed by atoms with E-state index >= 15 is 0 Å². The Labute approximate surface area is 136 Å². The van der Waals surface area contributed by atoms with Crippen molar-refractivity contribution in [2.75, 3.05) is 0 Å². The Hall–Kier alpha value is -0.623. The maximum absolute atomic E-state index is 13.3. The van der Waals surface area contributed by atoms with Gasteiger partial charge < -0.3 is 0 Å². The molecule has 0 saturated carbocycles. The van der Waals surface area contributed by atoms with Crippen molar-refractivity contribution >= 4 is 8.07 Å². The summed E-state index contributed by atoms with van der Waals surface area (Å²) in [5, 5.41) is 0. The van der Waals surface area contributed by atoms with Gasteiger partial charge in [0, 0.05) is 0 Å². The van der Waals surface area contributed by atoms with Gasteiger partial charge in [0.05, 0.1) is 8.07 Å². The number of hydrogen-bond donors (Lipinski definition) is 0. The fourth-order valence-corrected chi connectivity index (χ4v) is 7.53. The summed E-state index contributed by atoms with van der Waals surface area (Å²) < 4.78 is 152. The van der Waals surface area contributed by atoms with E-state index in [0.29, 0.717) is 0 Å². The lowest BCUT2D eigenvalue weighted by molar-refractivity contribution is 0.0444. The quantitative estimate of drug-likeness (QED) is 0.277. The first-order valence-corrected chi connectivity index (χ1v) is 9.83. The highest BCUT2D eigenvalue weighted by Crippen LogP contribution is 2.39. The molecular formula is C12H16F12Si. The van der Waals surface area contributed by atoms with E-state index in [4.69, 9.17) is 0 Å². The van der Waals surface area contributed by atoms with Gasteiger partial charge in [-0.05, 0) is 24.2 Å². The van der Waals surface area contributed by atoms with Gasteiger partial charge in [0.15, 0.2) is 24.7 Å². The maximum Gasteiger partial charge on any atom is 0.269 e. The Kier molecular flexibility index (Phi) is 10.2. The Morgan fingerprint density at radius 2 is 0.520 bits per heavy atom. The first kappa shape index (κ1) is 24.4. The molecule has 0 saturated heterocycles. The lowest BCUT2D eigenvalue weighted by atomic mass is 10.4. The van der Waals surface area contributed by atoms with Crippen molar-refractivity contribution in [1.82, 2.24) is 0 Å². The number of rotatable bonds is 12. The summed E-state index contributed by atoms with van der Waals surface area (Å²) in [5.41, 5.74) is 0. The van der Waals surface area contributed by atoms with Crippen LogP contribution in [0, 0.1) is 0 Å². The van der Waals surface area contributed by atoms with Crippen molar-refractivity contribution in [3.05, 3.63) is 0 Å². The smallest absolute Gasteiger partial charge is 0.242 e. The summed E-state index contributed by atoms with van der Waals surface area (Å²) >= 11 is 0. The van der Waals surface area contributed by atoms with Crippen molar-refractivity contribution in [3.8, 4) is 0 Å². The van der Waals surface area contributed by atoms with Gasteiger partial charge in [-0.2, -0.15) is 0 Å². The first-order chi connectivity index (χ1) is 11.3. The molecule has 0 rings (SSSR count). The van der Waals surface area contributed by atoms with Crippen LogP contribution in [0.3, 0.4) is 0 Å². The molecule has 25 heavy (non-hydrogen) atoms. The number of alkyl halides is 12. The third-order valence-corrected chi connectivity index (χ3v) is 8.63. The summed E-state index contributed by atoms with van der Waals surface area (Å²) in [6.45, 7) is 0. The summed E-state index contributed by atoms with van der Waals surface area (Å²) in [6.07, 6.45) is -27.8. The second-order valence-corrected chi connectivity index (χ2v) is 10.4. The molecular weight excluding hydrogens is 400 g/mol. The Balaban J connectivity index is 5.72. The van der Waals surface area contributed by atoms with Gasteiger partial charge in [-0.3, -0.25) is 0 Å². The minimum atomic E-state index is -4.72. The highest BCUT2D eigenvalue weighted by molar-refractivity contribution is 6.80.